The van der Waals surface area contributed by atoms with Gasteiger partial charge in [-0.25, -0.2) is 4.99 Å². The van der Waals surface area contributed by atoms with Crippen LogP contribution in [0.5, 0.6) is 0 Å². The third kappa shape index (κ3) is 2.77. The fourth-order valence-corrected chi connectivity index (χ4v) is 2.62. The molecule has 1 aromatic rings. The number of nitrogens with one attached hydrogen (secondary N) is 3. The number of amidine groups is 1. The normalized spacial score (nSPS) is 22.9. The lowest BCUT2D eigenvalue weighted by Gasteiger charge is -2.21. The Balaban J connectivity index is 1.73. The van der Waals surface area contributed by atoms with Crippen LogP contribution in [0.25, 0.3) is 0 Å². The second-order valence-electron chi connectivity index (χ2n) is 5.86. The van der Waals surface area contributed by atoms with Gasteiger partial charge >= 0.3 is 0 Å². The van der Waals surface area contributed by atoms with Crippen molar-refractivity contribution < 1.29 is 4.79 Å². The van der Waals surface area contributed by atoms with Gasteiger partial charge in [0.25, 0.3) is 5.91 Å². The first-order valence-corrected chi connectivity index (χ1v) is 7.29. The molecule has 3 rings (SSSR count). The van der Waals surface area contributed by atoms with E-state index in [9.17, 15) is 4.79 Å². The molecule has 21 heavy (non-hydrogen) atoms. The van der Waals surface area contributed by atoms with E-state index in [2.05, 4.69) is 46.6 Å². The molecule has 0 radical (unpaired) electrons. The van der Waals surface area contributed by atoms with E-state index in [4.69, 9.17) is 0 Å². The summed E-state index contributed by atoms with van der Waals surface area (Å²) in [6.45, 7) is 4.84. The van der Waals surface area contributed by atoms with Gasteiger partial charge in [0.05, 0.1) is 0 Å². The third-order valence-electron chi connectivity index (χ3n) is 3.75. The first-order valence-electron chi connectivity index (χ1n) is 7.29. The van der Waals surface area contributed by atoms with E-state index in [1.165, 1.54) is 0 Å². The van der Waals surface area contributed by atoms with Crippen LogP contribution in [0.2, 0.25) is 0 Å². The summed E-state index contributed by atoms with van der Waals surface area (Å²) in [4.78, 5) is 19.5. The minimum absolute atomic E-state index is 0.0521. The van der Waals surface area contributed by atoms with Gasteiger partial charge in [-0.3, -0.25) is 4.79 Å². The molecule has 2 unspecified atom stereocenters. The zero-order valence-corrected chi connectivity index (χ0v) is 12.3. The molecule has 0 aliphatic carbocycles. The average Bonchev–Trinajstić information content (AvgIpc) is 3.12. The lowest BCUT2D eigenvalue weighted by atomic mass is 9.86. The molecule has 0 saturated carbocycles. The van der Waals surface area contributed by atoms with Crippen molar-refractivity contribution in [2.75, 3.05) is 6.54 Å². The van der Waals surface area contributed by atoms with Crippen LogP contribution in [-0.4, -0.2) is 23.3 Å². The van der Waals surface area contributed by atoms with Crippen molar-refractivity contribution in [1.29, 1.82) is 0 Å². The van der Waals surface area contributed by atoms with Crippen molar-refractivity contribution >= 4 is 11.7 Å². The molecular weight excluding hydrogens is 264 g/mol. The van der Waals surface area contributed by atoms with Gasteiger partial charge in [0, 0.05) is 30.8 Å². The molecule has 3 heterocycles. The summed E-state index contributed by atoms with van der Waals surface area (Å²) in [5, 5.41) is 6.07. The zero-order valence-electron chi connectivity index (χ0n) is 12.3. The van der Waals surface area contributed by atoms with Gasteiger partial charge in [-0.15, -0.1) is 0 Å². The molecule has 110 valence electrons. The van der Waals surface area contributed by atoms with Gasteiger partial charge in [0.15, 0.2) is 0 Å². The van der Waals surface area contributed by atoms with Crippen molar-refractivity contribution in [2.24, 2.45) is 16.8 Å². The number of amides is 1. The molecular formula is C16H20N4O. The van der Waals surface area contributed by atoms with Gasteiger partial charge in [0.1, 0.15) is 11.5 Å². The monoisotopic (exact) mass is 284 g/mol. The van der Waals surface area contributed by atoms with Gasteiger partial charge in [-0.2, -0.15) is 0 Å². The first-order chi connectivity index (χ1) is 10.1. The van der Waals surface area contributed by atoms with Crippen LogP contribution in [-0.2, 0) is 0 Å². The smallest absolute Gasteiger partial charge is 0.267 e. The van der Waals surface area contributed by atoms with Gasteiger partial charge < -0.3 is 15.6 Å². The number of aromatic nitrogens is 1. The molecule has 5 heteroatoms. The van der Waals surface area contributed by atoms with Crippen molar-refractivity contribution in [3.05, 3.63) is 48.1 Å². The first kappa shape index (κ1) is 13.7. The van der Waals surface area contributed by atoms with Gasteiger partial charge in [-0.1, -0.05) is 26.0 Å². The fourth-order valence-electron chi connectivity index (χ4n) is 2.62. The van der Waals surface area contributed by atoms with Crippen LogP contribution in [0.4, 0.5) is 0 Å². The number of allylic oxidation sites excluding steroid dienone is 1. The lowest BCUT2D eigenvalue weighted by molar-refractivity contribution is 0.0944. The number of hydrogen-bond acceptors (Lipinski definition) is 3. The number of carbonyl (C=O) groups is 1. The van der Waals surface area contributed by atoms with E-state index in [1.54, 1.807) is 0 Å². The Hall–Kier alpha value is -2.30. The standard InChI is InChI=1S/C16H20N4O/c1-10(2)8-20-16(21)14-7-11(9-19-14)12-3-5-17-15-13(12)4-6-18-15/h3-7,9-10,12-13,19H,8H2,1-2H3,(H,17,18)(H,20,21). The zero-order chi connectivity index (χ0) is 14.8. The Kier molecular flexibility index (Phi) is 3.64. The quantitative estimate of drug-likeness (QED) is 0.793. The Morgan fingerprint density at radius 1 is 1.38 bits per heavy atom. The summed E-state index contributed by atoms with van der Waals surface area (Å²) in [6.07, 6.45) is 9.84. The summed E-state index contributed by atoms with van der Waals surface area (Å²) < 4.78 is 0. The molecule has 5 nitrogen and oxygen atoms in total. The lowest BCUT2D eigenvalue weighted by Crippen LogP contribution is -2.27. The van der Waals surface area contributed by atoms with Crippen LogP contribution >= 0.6 is 0 Å². The molecule has 2 atom stereocenters. The number of aromatic amines is 1. The molecule has 0 aromatic carbocycles. The van der Waals surface area contributed by atoms with E-state index in [0.29, 0.717) is 18.2 Å². The Morgan fingerprint density at radius 3 is 3.05 bits per heavy atom. The average molecular weight is 284 g/mol. The Labute approximate surface area is 124 Å². The molecule has 1 amide bonds. The molecule has 0 fully saturated rings. The highest BCUT2D eigenvalue weighted by Crippen LogP contribution is 2.32. The second-order valence-corrected chi connectivity index (χ2v) is 5.86. The van der Waals surface area contributed by atoms with Gasteiger partial charge in [0.2, 0.25) is 0 Å². The number of carbonyl (C=O) groups excluding carboxylic acids is 1. The third-order valence-corrected chi connectivity index (χ3v) is 3.75. The molecule has 2 aliphatic rings. The molecule has 0 bridgehead atoms. The number of fused-ring (bicyclic) bond motifs is 1. The summed E-state index contributed by atoms with van der Waals surface area (Å²) in [6, 6.07) is 1.93. The van der Waals surface area contributed by atoms with E-state index in [1.807, 2.05) is 24.7 Å². The van der Waals surface area contributed by atoms with E-state index in [-0.39, 0.29) is 17.7 Å². The summed E-state index contributed by atoms with van der Waals surface area (Å²) in [5.74, 6) is 1.81. The second kappa shape index (κ2) is 5.60. The highest BCUT2D eigenvalue weighted by Gasteiger charge is 2.29. The summed E-state index contributed by atoms with van der Waals surface area (Å²) in [5.41, 5.74) is 1.71. The maximum Gasteiger partial charge on any atom is 0.267 e. The molecule has 0 saturated heterocycles. The highest BCUT2D eigenvalue weighted by molar-refractivity contribution is 5.93. The van der Waals surface area contributed by atoms with Crippen molar-refractivity contribution in [2.45, 2.75) is 19.8 Å². The van der Waals surface area contributed by atoms with E-state index >= 15 is 0 Å². The molecule has 0 spiro atoms. The Bertz CT molecular complexity index is 624. The fraction of sp³-hybridized carbons (Fsp3) is 0.375. The largest absolute Gasteiger partial charge is 0.357 e. The Morgan fingerprint density at radius 2 is 2.24 bits per heavy atom. The maximum absolute atomic E-state index is 12.1. The number of H-pyrrole nitrogens is 1. The molecule has 3 N–H and O–H groups in total. The molecule has 2 aliphatic heterocycles. The maximum atomic E-state index is 12.1. The van der Waals surface area contributed by atoms with Crippen LogP contribution < -0.4 is 10.6 Å². The summed E-state index contributed by atoms with van der Waals surface area (Å²) >= 11 is 0. The number of hydrogen-bond donors (Lipinski definition) is 3. The van der Waals surface area contributed by atoms with Crippen molar-refractivity contribution in [3.63, 3.8) is 0 Å². The molecule has 1 aromatic heterocycles. The number of nitrogens with zero attached hydrogens (tertiary/aromatic N) is 1. The van der Waals surface area contributed by atoms with Crippen LogP contribution in [0, 0.1) is 11.8 Å². The van der Waals surface area contributed by atoms with E-state index < -0.39 is 0 Å². The SMILES string of the molecule is CC(C)CNC(=O)c1cc(C2C=CN=C3NC=CC32)c[nH]1. The predicted molar refractivity (Wildman–Crippen MR) is 83.0 cm³/mol. The van der Waals surface area contributed by atoms with Crippen LogP contribution in [0.15, 0.2) is 41.8 Å². The predicted octanol–water partition coefficient (Wildman–Crippen LogP) is 2.14. The number of aliphatic imine (C=N–C) groups is 1. The van der Waals surface area contributed by atoms with E-state index in [0.717, 1.165) is 11.4 Å². The van der Waals surface area contributed by atoms with Crippen molar-refractivity contribution in [3.8, 4) is 0 Å². The minimum Gasteiger partial charge on any atom is -0.357 e. The minimum atomic E-state index is -0.0521. The van der Waals surface area contributed by atoms with Crippen LogP contribution in [0.3, 0.4) is 0 Å². The highest BCUT2D eigenvalue weighted by atomic mass is 16.1. The topological polar surface area (TPSA) is 69.3 Å². The van der Waals surface area contributed by atoms with Crippen molar-refractivity contribution in [1.82, 2.24) is 15.6 Å². The summed E-state index contributed by atoms with van der Waals surface area (Å²) in [7, 11) is 0. The van der Waals surface area contributed by atoms with Gasteiger partial charge in [-0.05, 0) is 23.7 Å². The number of rotatable bonds is 4. The van der Waals surface area contributed by atoms with Crippen LogP contribution in [0.1, 0.15) is 35.8 Å².